The summed E-state index contributed by atoms with van der Waals surface area (Å²) in [5.41, 5.74) is 0.751. The van der Waals surface area contributed by atoms with Gasteiger partial charge in [-0.1, -0.05) is 18.6 Å². The van der Waals surface area contributed by atoms with Crippen LogP contribution in [0, 0.1) is 5.82 Å². The van der Waals surface area contributed by atoms with Crippen molar-refractivity contribution in [3.63, 3.8) is 0 Å². The fourth-order valence-corrected chi connectivity index (χ4v) is 3.38. The maximum Gasteiger partial charge on any atom is 0.316 e. The third-order valence-electron chi connectivity index (χ3n) is 5.00. The first-order valence-electron chi connectivity index (χ1n) is 8.93. The highest BCUT2D eigenvalue weighted by molar-refractivity contribution is 6.04. The molecule has 0 aromatic heterocycles. The van der Waals surface area contributed by atoms with E-state index in [1.807, 2.05) is 6.07 Å². The van der Waals surface area contributed by atoms with Gasteiger partial charge in [0.15, 0.2) is 0 Å². The van der Waals surface area contributed by atoms with E-state index in [2.05, 4.69) is 10.6 Å². The van der Waals surface area contributed by atoms with E-state index in [-0.39, 0.29) is 17.2 Å². The van der Waals surface area contributed by atoms with Gasteiger partial charge in [-0.3, -0.25) is 14.4 Å². The fraction of sp³-hybridized carbons (Fsp3) is 0.286. The number of rotatable bonds is 5. The molecule has 2 aromatic carbocycles. The maximum absolute atomic E-state index is 14.1. The minimum atomic E-state index is -0.698. The second kappa shape index (κ2) is 7.80. The topological polar surface area (TPSA) is 84.5 Å². The van der Waals surface area contributed by atoms with Gasteiger partial charge in [-0.05, 0) is 48.7 Å². The molecule has 0 spiro atoms. The number of hydrogen-bond acceptors (Lipinski definition) is 4. The van der Waals surface area contributed by atoms with Crippen molar-refractivity contribution in [1.82, 2.24) is 0 Å². The molecule has 146 valence electrons. The van der Waals surface area contributed by atoms with E-state index in [0.717, 1.165) is 18.1 Å². The number of hydrogen-bond donors (Lipinski definition) is 2. The Morgan fingerprint density at radius 1 is 1.07 bits per heavy atom. The summed E-state index contributed by atoms with van der Waals surface area (Å²) in [6, 6.07) is 10.9. The van der Waals surface area contributed by atoms with Crippen molar-refractivity contribution in [2.24, 2.45) is 0 Å². The van der Waals surface area contributed by atoms with Crippen LogP contribution in [0.5, 0.6) is 0 Å². The van der Waals surface area contributed by atoms with Gasteiger partial charge in [0.05, 0.1) is 18.2 Å². The van der Waals surface area contributed by atoms with E-state index < -0.39 is 23.0 Å². The molecule has 7 heteroatoms. The van der Waals surface area contributed by atoms with E-state index >= 15 is 0 Å². The van der Waals surface area contributed by atoms with Gasteiger partial charge in [0, 0.05) is 18.2 Å². The molecular formula is C21H21FN2O4. The van der Waals surface area contributed by atoms with Crippen molar-refractivity contribution >= 4 is 29.2 Å². The smallest absolute Gasteiger partial charge is 0.316 e. The lowest BCUT2D eigenvalue weighted by Crippen LogP contribution is -2.43. The molecule has 1 saturated carbocycles. The Bertz CT molecular complexity index is 938. The fourth-order valence-electron chi connectivity index (χ4n) is 3.38. The van der Waals surface area contributed by atoms with Crippen LogP contribution in [0.25, 0.3) is 0 Å². The molecule has 0 bridgehead atoms. The van der Waals surface area contributed by atoms with Crippen LogP contribution in [0.1, 0.15) is 42.1 Å². The number of carbonyl (C=O) groups is 3. The average Bonchev–Trinajstić information content (AvgIpc) is 2.62. The van der Waals surface area contributed by atoms with Crippen LogP contribution in [-0.4, -0.2) is 24.9 Å². The molecule has 2 N–H and O–H groups in total. The molecule has 2 aromatic rings. The summed E-state index contributed by atoms with van der Waals surface area (Å²) in [4.78, 5) is 35.8. The number of esters is 1. The maximum atomic E-state index is 14.1. The van der Waals surface area contributed by atoms with Crippen molar-refractivity contribution in [3.05, 3.63) is 59.4 Å². The second-order valence-electron chi connectivity index (χ2n) is 6.84. The van der Waals surface area contributed by atoms with Gasteiger partial charge in [-0.15, -0.1) is 0 Å². The lowest BCUT2D eigenvalue weighted by Gasteiger charge is -2.39. The third kappa shape index (κ3) is 3.74. The molecule has 0 heterocycles. The Labute approximate surface area is 162 Å². The van der Waals surface area contributed by atoms with Crippen molar-refractivity contribution in [2.75, 3.05) is 17.7 Å². The number of nitrogens with one attached hydrogen (secondary N) is 2. The largest absolute Gasteiger partial charge is 0.468 e. The average molecular weight is 384 g/mol. The summed E-state index contributed by atoms with van der Waals surface area (Å²) in [6.45, 7) is 1.27. The van der Waals surface area contributed by atoms with E-state index in [4.69, 9.17) is 4.74 Å². The number of anilines is 2. The Morgan fingerprint density at radius 3 is 2.39 bits per heavy atom. The summed E-state index contributed by atoms with van der Waals surface area (Å²) in [7, 11) is 1.37. The van der Waals surface area contributed by atoms with Gasteiger partial charge in [0.2, 0.25) is 5.91 Å². The Hall–Kier alpha value is -3.22. The highest BCUT2D eigenvalue weighted by Gasteiger charge is 2.46. The summed E-state index contributed by atoms with van der Waals surface area (Å²) < 4.78 is 19.0. The number of amides is 2. The molecule has 0 aliphatic heterocycles. The first kappa shape index (κ1) is 19.5. The van der Waals surface area contributed by atoms with Crippen molar-refractivity contribution < 1.29 is 23.5 Å². The molecule has 0 saturated heterocycles. The summed E-state index contributed by atoms with van der Waals surface area (Å²) in [6.07, 6.45) is 2.34. The molecule has 0 atom stereocenters. The number of ether oxygens (including phenoxy) is 1. The zero-order valence-electron chi connectivity index (χ0n) is 15.7. The SMILES string of the molecule is COC(=O)C1(c2cccc(NC(=O)c3ccc(NC(C)=O)c(F)c3)c2)CCC1. The summed E-state index contributed by atoms with van der Waals surface area (Å²) >= 11 is 0. The van der Waals surface area contributed by atoms with Gasteiger partial charge >= 0.3 is 5.97 Å². The van der Waals surface area contributed by atoms with Crippen LogP contribution in [0.2, 0.25) is 0 Å². The minimum Gasteiger partial charge on any atom is -0.468 e. The molecule has 6 nitrogen and oxygen atoms in total. The van der Waals surface area contributed by atoms with Gasteiger partial charge in [0.1, 0.15) is 5.82 Å². The van der Waals surface area contributed by atoms with Crippen LogP contribution < -0.4 is 10.6 Å². The molecule has 28 heavy (non-hydrogen) atoms. The Balaban J connectivity index is 1.79. The molecule has 0 unspecified atom stereocenters. The highest BCUT2D eigenvalue weighted by atomic mass is 19.1. The van der Waals surface area contributed by atoms with Crippen LogP contribution >= 0.6 is 0 Å². The van der Waals surface area contributed by atoms with E-state index in [0.29, 0.717) is 18.5 Å². The summed E-state index contributed by atoms with van der Waals surface area (Å²) in [5, 5.41) is 5.07. The first-order chi connectivity index (χ1) is 13.4. The second-order valence-corrected chi connectivity index (χ2v) is 6.84. The minimum absolute atomic E-state index is 0.0102. The molecule has 2 amide bonds. The number of methoxy groups -OCH3 is 1. The quantitative estimate of drug-likeness (QED) is 0.771. The van der Waals surface area contributed by atoms with Gasteiger partial charge in [-0.2, -0.15) is 0 Å². The lowest BCUT2D eigenvalue weighted by molar-refractivity contribution is -0.151. The normalized spacial score (nSPS) is 14.5. The van der Waals surface area contributed by atoms with Crippen LogP contribution in [0.4, 0.5) is 15.8 Å². The van der Waals surface area contributed by atoms with Crippen molar-refractivity contribution in [2.45, 2.75) is 31.6 Å². The van der Waals surface area contributed by atoms with Crippen LogP contribution in [0.15, 0.2) is 42.5 Å². The Morgan fingerprint density at radius 2 is 1.82 bits per heavy atom. The first-order valence-corrected chi connectivity index (χ1v) is 8.93. The molecule has 1 aliphatic carbocycles. The van der Waals surface area contributed by atoms with Gasteiger partial charge in [-0.25, -0.2) is 4.39 Å². The van der Waals surface area contributed by atoms with E-state index in [1.54, 1.807) is 18.2 Å². The predicted octanol–water partition coefficient (Wildman–Crippen LogP) is 3.63. The molecule has 3 rings (SSSR count). The lowest BCUT2D eigenvalue weighted by atomic mass is 9.64. The van der Waals surface area contributed by atoms with Crippen LogP contribution in [0.3, 0.4) is 0 Å². The zero-order valence-corrected chi connectivity index (χ0v) is 15.7. The zero-order chi connectivity index (χ0) is 20.3. The third-order valence-corrected chi connectivity index (χ3v) is 5.00. The molecule has 1 aliphatic rings. The number of carbonyl (C=O) groups excluding carboxylic acids is 3. The van der Waals surface area contributed by atoms with Crippen LogP contribution in [-0.2, 0) is 19.7 Å². The van der Waals surface area contributed by atoms with Crippen molar-refractivity contribution in [3.8, 4) is 0 Å². The molecular weight excluding hydrogens is 363 g/mol. The monoisotopic (exact) mass is 384 g/mol. The Kier molecular flexibility index (Phi) is 5.44. The van der Waals surface area contributed by atoms with Crippen molar-refractivity contribution in [1.29, 1.82) is 0 Å². The summed E-state index contributed by atoms with van der Waals surface area (Å²) in [5.74, 6) is -1.87. The molecule has 1 fully saturated rings. The molecule has 0 radical (unpaired) electrons. The number of benzene rings is 2. The highest BCUT2D eigenvalue weighted by Crippen LogP contribution is 2.45. The predicted molar refractivity (Wildman–Crippen MR) is 103 cm³/mol. The van der Waals surface area contributed by atoms with Gasteiger partial charge < -0.3 is 15.4 Å². The van der Waals surface area contributed by atoms with Gasteiger partial charge in [0.25, 0.3) is 5.91 Å². The van der Waals surface area contributed by atoms with E-state index in [1.165, 1.54) is 26.2 Å². The standard InChI is InChI=1S/C21H21FN2O4/c1-13(25)23-18-8-7-14(11-17(18)22)19(26)24-16-6-3-5-15(12-16)21(9-4-10-21)20(27)28-2/h3,5-8,11-12H,4,9-10H2,1-2H3,(H,23,25)(H,24,26). The van der Waals surface area contributed by atoms with E-state index in [9.17, 15) is 18.8 Å². The number of halogens is 1.